The number of fused-ring (bicyclic) bond motifs is 2. The van der Waals surface area contributed by atoms with Crippen LogP contribution < -0.4 is 5.69 Å². The van der Waals surface area contributed by atoms with Crippen molar-refractivity contribution in [2.24, 2.45) is 7.05 Å². The molecule has 0 aliphatic carbocycles. The first-order valence-electron chi connectivity index (χ1n) is 12.7. The van der Waals surface area contributed by atoms with E-state index >= 15 is 0 Å². The Morgan fingerprint density at radius 1 is 1.07 bits per heavy atom. The van der Waals surface area contributed by atoms with E-state index in [2.05, 4.69) is 10.1 Å². The molecule has 1 amide bonds. The number of imidazole rings is 1. The minimum atomic E-state index is -4.58. The first-order chi connectivity index (χ1) is 19.1. The molecule has 0 saturated carbocycles. The van der Waals surface area contributed by atoms with E-state index in [9.17, 15) is 22.8 Å². The normalized spacial score (nSPS) is 16.2. The quantitative estimate of drug-likeness (QED) is 0.340. The Morgan fingerprint density at radius 2 is 1.85 bits per heavy atom. The van der Waals surface area contributed by atoms with Crippen molar-refractivity contribution in [3.63, 3.8) is 0 Å². The van der Waals surface area contributed by atoms with Gasteiger partial charge in [-0.1, -0.05) is 18.2 Å². The summed E-state index contributed by atoms with van der Waals surface area (Å²) in [5.74, 6) is -0.577. The molecule has 1 aliphatic rings. The van der Waals surface area contributed by atoms with Crippen LogP contribution in [0.15, 0.2) is 65.8 Å². The minimum Gasteiger partial charge on any atom is -0.365 e. The van der Waals surface area contributed by atoms with Gasteiger partial charge in [-0.05, 0) is 42.3 Å². The second kappa shape index (κ2) is 9.63. The summed E-state index contributed by atoms with van der Waals surface area (Å²) in [6.07, 6.45) is -1.30. The highest BCUT2D eigenvalue weighted by atomic mass is 19.4. The monoisotopic (exact) mass is 550 g/mol. The topological polar surface area (TPSA) is 87.2 Å². The Balaban J connectivity index is 1.37. The molecular weight excluding hydrogens is 525 g/mol. The fourth-order valence-electron chi connectivity index (χ4n) is 5.27. The van der Waals surface area contributed by atoms with Gasteiger partial charge in [-0.15, -0.1) is 0 Å². The van der Waals surface area contributed by atoms with Gasteiger partial charge < -0.3 is 9.64 Å². The predicted octanol–water partition coefficient (Wildman–Crippen LogP) is 3.84. The summed E-state index contributed by atoms with van der Waals surface area (Å²) in [7, 11) is 1.85. The van der Waals surface area contributed by atoms with Crippen LogP contribution in [0.4, 0.5) is 13.2 Å². The second-order valence-electron chi connectivity index (χ2n) is 9.82. The lowest BCUT2D eigenvalue weighted by Crippen LogP contribution is -2.52. The average molecular weight is 551 g/mol. The van der Waals surface area contributed by atoms with E-state index in [1.54, 1.807) is 47.5 Å². The molecule has 0 N–H and O–H groups in total. The Hall–Kier alpha value is -4.45. The highest BCUT2D eigenvalue weighted by molar-refractivity contribution is 5.94. The number of nitrogens with zero attached hydrogens (tertiary/aromatic N) is 6. The van der Waals surface area contributed by atoms with Gasteiger partial charge in [0.15, 0.2) is 6.10 Å². The molecule has 0 bridgehead atoms. The van der Waals surface area contributed by atoms with Crippen LogP contribution in [-0.2, 0) is 23.1 Å². The van der Waals surface area contributed by atoms with Crippen LogP contribution in [0.1, 0.15) is 5.56 Å². The number of para-hydroxylation sites is 2. The van der Waals surface area contributed by atoms with E-state index in [0.29, 0.717) is 16.7 Å². The summed E-state index contributed by atoms with van der Waals surface area (Å²) in [5, 5.41) is 5.28. The van der Waals surface area contributed by atoms with Gasteiger partial charge in [0.05, 0.1) is 47.8 Å². The molecule has 2 aromatic carbocycles. The highest BCUT2D eigenvalue weighted by Gasteiger charge is 2.44. The van der Waals surface area contributed by atoms with Gasteiger partial charge in [0.25, 0.3) is 0 Å². The second-order valence-corrected chi connectivity index (χ2v) is 9.82. The fraction of sp³-hybridized carbons (Fsp3) is 0.286. The third-order valence-electron chi connectivity index (χ3n) is 7.34. The smallest absolute Gasteiger partial charge is 0.365 e. The number of ether oxygens (including phenoxy) is 1. The number of morpholine rings is 1. The molecule has 4 heterocycles. The van der Waals surface area contributed by atoms with Crippen LogP contribution in [0.25, 0.3) is 38.8 Å². The number of aromatic nitrogens is 5. The zero-order chi connectivity index (χ0) is 28.2. The SMILES string of the molecule is Cc1cc(-c2cncc3c2cnn3C)ccc1-n1c(=O)n(CC(=O)N2CCOC(C(F)(F)F)C2)c2ccccc21. The molecule has 12 heteroatoms. The van der Waals surface area contributed by atoms with Crippen molar-refractivity contribution in [2.75, 3.05) is 19.7 Å². The standard InChI is InChI=1S/C28H25F3N6O3/c1-17-11-18(19-12-32-14-24-20(19)13-33-34(24)2)7-8-21(17)37-23-6-4-3-5-22(23)36(27(37)39)16-26(38)35-9-10-40-25(15-35)28(29,30)31/h3-8,11-14,25H,9-10,15-16H2,1-2H3. The summed E-state index contributed by atoms with van der Waals surface area (Å²) in [5.41, 5.74) is 4.79. The maximum atomic E-state index is 13.7. The number of benzene rings is 2. The minimum absolute atomic E-state index is 0.0257. The van der Waals surface area contributed by atoms with Crippen molar-refractivity contribution in [1.29, 1.82) is 0 Å². The molecule has 9 nitrogen and oxygen atoms in total. The molecular formula is C28H25F3N6O3. The number of alkyl halides is 3. The van der Waals surface area contributed by atoms with Crippen LogP contribution in [0.3, 0.4) is 0 Å². The molecule has 0 spiro atoms. The Labute approximate surface area is 226 Å². The van der Waals surface area contributed by atoms with Crippen molar-refractivity contribution in [3.8, 4) is 16.8 Å². The molecule has 1 fully saturated rings. The number of amides is 1. The Morgan fingerprint density at radius 3 is 2.60 bits per heavy atom. The molecule has 0 radical (unpaired) electrons. The van der Waals surface area contributed by atoms with E-state index in [-0.39, 0.29) is 19.7 Å². The average Bonchev–Trinajstić information content (AvgIpc) is 3.45. The number of rotatable bonds is 4. The molecule has 1 unspecified atom stereocenters. The van der Waals surface area contributed by atoms with Gasteiger partial charge in [-0.2, -0.15) is 18.3 Å². The van der Waals surface area contributed by atoms with E-state index < -0.39 is 30.4 Å². The van der Waals surface area contributed by atoms with Crippen molar-refractivity contribution in [3.05, 3.63) is 77.1 Å². The molecule has 206 valence electrons. The number of hydrogen-bond donors (Lipinski definition) is 0. The van der Waals surface area contributed by atoms with E-state index in [1.807, 2.05) is 32.2 Å². The van der Waals surface area contributed by atoms with E-state index in [0.717, 1.165) is 32.5 Å². The van der Waals surface area contributed by atoms with Gasteiger partial charge in [0.2, 0.25) is 5.91 Å². The largest absolute Gasteiger partial charge is 0.416 e. The maximum absolute atomic E-state index is 13.7. The van der Waals surface area contributed by atoms with Crippen LogP contribution in [0, 0.1) is 6.92 Å². The number of hydrogen-bond acceptors (Lipinski definition) is 5. The van der Waals surface area contributed by atoms with Gasteiger partial charge in [0, 0.05) is 30.7 Å². The van der Waals surface area contributed by atoms with Crippen molar-refractivity contribution < 1.29 is 22.7 Å². The summed E-state index contributed by atoms with van der Waals surface area (Å²) >= 11 is 0. The molecule has 1 atom stereocenters. The van der Waals surface area contributed by atoms with Crippen molar-refractivity contribution in [1.82, 2.24) is 28.8 Å². The number of halogens is 3. The lowest BCUT2D eigenvalue weighted by Gasteiger charge is -2.33. The fourth-order valence-corrected chi connectivity index (χ4v) is 5.27. The van der Waals surface area contributed by atoms with Crippen molar-refractivity contribution >= 4 is 27.8 Å². The summed E-state index contributed by atoms with van der Waals surface area (Å²) in [4.78, 5) is 32.3. The van der Waals surface area contributed by atoms with Gasteiger partial charge in [0.1, 0.15) is 6.54 Å². The summed E-state index contributed by atoms with van der Waals surface area (Å²) in [6.45, 7) is 0.709. The number of pyridine rings is 1. The first-order valence-corrected chi connectivity index (χ1v) is 12.7. The maximum Gasteiger partial charge on any atom is 0.416 e. The molecule has 1 aliphatic heterocycles. The first kappa shape index (κ1) is 25.8. The zero-order valence-electron chi connectivity index (χ0n) is 21.7. The number of aryl methyl sites for hydroxylation is 2. The van der Waals surface area contributed by atoms with Crippen LogP contribution in [-0.4, -0.2) is 66.7 Å². The third-order valence-corrected chi connectivity index (χ3v) is 7.34. The number of carbonyl (C=O) groups is 1. The summed E-state index contributed by atoms with van der Waals surface area (Å²) in [6, 6.07) is 12.7. The Bertz CT molecular complexity index is 1820. The molecule has 3 aromatic heterocycles. The molecule has 40 heavy (non-hydrogen) atoms. The van der Waals surface area contributed by atoms with Crippen LogP contribution in [0.2, 0.25) is 0 Å². The lowest BCUT2D eigenvalue weighted by molar-refractivity contribution is -0.236. The number of carbonyl (C=O) groups excluding carboxylic acids is 1. The van der Waals surface area contributed by atoms with Gasteiger partial charge in [-0.25, -0.2) is 4.79 Å². The highest BCUT2D eigenvalue weighted by Crippen LogP contribution is 2.31. The van der Waals surface area contributed by atoms with E-state index in [1.165, 1.54) is 9.13 Å². The molecule has 1 saturated heterocycles. The Kier molecular flexibility index (Phi) is 6.21. The van der Waals surface area contributed by atoms with Gasteiger partial charge >= 0.3 is 11.9 Å². The third kappa shape index (κ3) is 4.34. The van der Waals surface area contributed by atoms with Crippen LogP contribution >= 0.6 is 0 Å². The van der Waals surface area contributed by atoms with E-state index in [4.69, 9.17) is 4.74 Å². The van der Waals surface area contributed by atoms with Crippen LogP contribution in [0.5, 0.6) is 0 Å². The van der Waals surface area contributed by atoms with Crippen molar-refractivity contribution in [2.45, 2.75) is 25.7 Å². The summed E-state index contributed by atoms with van der Waals surface area (Å²) < 4.78 is 49.0. The van der Waals surface area contributed by atoms with Gasteiger partial charge in [-0.3, -0.25) is 23.6 Å². The molecule has 5 aromatic rings. The lowest BCUT2D eigenvalue weighted by atomic mass is 10.0. The zero-order valence-corrected chi connectivity index (χ0v) is 21.7. The predicted molar refractivity (Wildman–Crippen MR) is 142 cm³/mol. The molecule has 6 rings (SSSR count).